The van der Waals surface area contributed by atoms with Crippen LogP contribution in [-0.2, 0) is 0 Å². The molecule has 0 bridgehead atoms. The van der Waals surface area contributed by atoms with E-state index in [1.54, 1.807) is 6.26 Å². The van der Waals surface area contributed by atoms with Gasteiger partial charge in [-0.15, -0.1) is 0 Å². The second kappa shape index (κ2) is 14.0. The Kier molecular flexibility index (Phi) is 8.43. The van der Waals surface area contributed by atoms with Gasteiger partial charge in [-0.2, -0.15) is 0 Å². The number of pyridine rings is 1. The van der Waals surface area contributed by atoms with Crippen molar-refractivity contribution in [2.24, 2.45) is 0 Å². The van der Waals surface area contributed by atoms with Crippen LogP contribution in [0, 0.1) is 20.8 Å². The maximum Gasteiger partial charge on any atom is 0.146 e. The van der Waals surface area contributed by atoms with Gasteiger partial charge >= 0.3 is 0 Å². The normalized spacial score (nSPS) is 12.1. The zero-order valence-electron chi connectivity index (χ0n) is 35.5. The average molecular weight is 795 g/mol. The van der Waals surface area contributed by atoms with Gasteiger partial charge in [0.05, 0.1) is 34.0 Å². The number of furan rings is 1. The van der Waals surface area contributed by atoms with Gasteiger partial charge in [0.1, 0.15) is 34.1 Å². The Morgan fingerprint density at radius 2 is 1.28 bits per heavy atom. The van der Waals surface area contributed by atoms with E-state index < -0.39 is 0 Å². The molecule has 0 aliphatic rings. The Bertz CT molecular complexity index is 3520. The molecular weight excluding hydrogens is 749 g/mol. The number of hydrogen-bond acceptors (Lipinski definition) is 4. The van der Waals surface area contributed by atoms with Crippen LogP contribution >= 0.6 is 0 Å². The minimum absolute atomic E-state index is 0.269. The molecule has 0 radical (unpaired) electrons. The van der Waals surface area contributed by atoms with Crippen LogP contribution in [0.15, 0.2) is 144 Å². The monoisotopic (exact) mass is 794 g/mol. The Labute approximate surface area is 354 Å². The second-order valence-corrected chi connectivity index (χ2v) is 17.2. The van der Waals surface area contributed by atoms with E-state index in [4.69, 9.17) is 19.1 Å². The lowest BCUT2D eigenvalue weighted by atomic mass is 9.88. The molecule has 298 valence electrons. The van der Waals surface area contributed by atoms with Crippen molar-refractivity contribution in [1.82, 2.24) is 18.9 Å². The second-order valence-electron chi connectivity index (χ2n) is 17.2. The Hall–Kier alpha value is -7.18. The fraction of sp³-hybridized carbons (Fsp3) is 0.164. The Morgan fingerprint density at radius 1 is 0.541 bits per heavy atom. The van der Waals surface area contributed by atoms with Gasteiger partial charge < -0.3 is 9.15 Å². The summed E-state index contributed by atoms with van der Waals surface area (Å²) in [4.78, 5) is 10.7. The lowest BCUT2D eigenvalue weighted by Crippen LogP contribution is -2.09. The van der Waals surface area contributed by atoms with Crippen molar-refractivity contribution >= 4 is 60.4 Å². The summed E-state index contributed by atoms with van der Waals surface area (Å²) in [6, 6.07) is 47.4. The average Bonchev–Trinajstić information content (AvgIpc) is 4.00. The third-order valence-electron chi connectivity index (χ3n) is 12.6. The van der Waals surface area contributed by atoms with Gasteiger partial charge in [-0.25, -0.2) is 9.97 Å². The Morgan fingerprint density at radius 3 is 2.07 bits per heavy atom. The molecule has 11 rings (SSSR count). The highest BCUT2D eigenvalue weighted by Crippen LogP contribution is 2.43. The molecule has 11 aromatic rings. The molecule has 7 aromatic carbocycles. The lowest BCUT2D eigenvalue weighted by Gasteiger charge is -2.24. The summed E-state index contributed by atoms with van der Waals surface area (Å²) in [7, 11) is 0. The van der Waals surface area contributed by atoms with Crippen LogP contribution in [-0.4, -0.2) is 18.9 Å². The number of fused-ring (bicyclic) bond motifs is 11. The molecule has 0 saturated carbocycles. The van der Waals surface area contributed by atoms with Crippen LogP contribution in [0.2, 0.25) is 0 Å². The molecule has 0 N–H and O–H groups in total. The van der Waals surface area contributed by atoms with Crippen molar-refractivity contribution in [2.75, 3.05) is 0 Å². The highest BCUT2D eigenvalue weighted by Gasteiger charge is 2.24. The van der Waals surface area contributed by atoms with Crippen LogP contribution in [0.3, 0.4) is 0 Å². The van der Waals surface area contributed by atoms with Gasteiger partial charge in [0.15, 0.2) is 0 Å². The molecule has 4 aromatic heterocycles. The van der Waals surface area contributed by atoms with Gasteiger partial charge in [0.2, 0.25) is 0 Å². The third-order valence-corrected chi connectivity index (χ3v) is 12.6. The predicted molar refractivity (Wildman–Crippen MR) is 252 cm³/mol. The van der Waals surface area contributed by atoms with E-state index in [1.165, 1.54) is 49.8 Å². The summed E-state index contributed by atoms with van der Waals surface area (Å²) in [5.74, 6) is 2.91. The van der Waals surface area contributed by atoms with E-state index in [1.807, 2.05) is 18.2 Å². The van der Waals surface area contributed by atoms with Crippen molar-refractivity contribution < 1.29 is 9.15 Å². The quantitative estimate of drug-likeness (QED) is 0.151. The molecule has 0 atom stereocenters. The fourth-order valence-electron chi connectivity index (χ4n) is 9.44. The number of hydrogen-bond donors (Lipinski definition) is 0. The number of nitrogens with zero attached hydrogens (tertiary/aromatic N) is 4. The SMILES string of the molecule is Cc1cc2c3c(C)cc(Oc4cccc(-c5nc6ccccc6n5-c5c(C(C)C)cc(-c6ccccc6)cc5C(C)C)c4)cc3c3nc4c5ccoc5ccc4n3c2cc1C. The maximum atomic E-state index is 6.88. The molecule has 0 amide bonds. The number of imidazole rings is 2. The molecule has 61 heavy (non-hydrogen) atoms. The van der Waals surface area contributed by atoms with E-state index in [9.17, 15) is 0 Å². The molecule has 4 heterocycles. The van der Waals surface area contributed by atoms with Crippen molar-refractivity contribution in [3.8, 4) is 39.7 Å². The van der Waals surface area contributed by atoms with Crippen LogP contribution in [0.1, 0.15) is 67.3 Å². The summed E-state index contributed by atoms with van der Waals surface area (Å²) in [6.45, 7) is 15.7. The molecule has 0 fully saturated rings. The molecular formula is C55H46N4O2. The first-order valence-corrected chi connectivity index (χ1v) is 21.3. The molecule has 0 saturated heterocycles. The standard InChI is InChI=1S/C55H46N4O2/c1-31(2)42-28-38(36-14-9-8-10-15-36)29-43(32(3)4)53(42)59-47-19-12-11-18-46(47)56-54(59)37-16-13-17-39(27-37)61-40-24-35(7)51-44-25-33(5)34(6)26-49(44)58-48-20-21-50-41(22-23-60-50)52(48)57-55(58)45(51)30-40/h8-32H,1-7H3. The molecule has 6 nitrogen and oxygen atoms in total. The zero-order chi connectivity index (χ0) is 41.7. The third kappa shape index (κ3) is 5.84. The minimum Gasteiger partial charge on any atom is -0.464 e. The van der Waals surface area contributed by atoms with E-state index in [2.05, 4.69) is 173 Å². The fourth-order valence-corrected chi connectivity index (χ4v) is 9.44. The van der Waals surface area contributed by atoms with Gasteiger partial charge in [0, 0.05) is 21.7 Å². The largest absolute Gasteiger partial charge is 0.464 e. The van der Waals surface area contributed by atoms with Crippen molar-refractivity contribution in [2.45, 2.75) is 60.3 Å². The van der Waals surface area contributed by atoms with Gasteiger partial charge in [-0.3, -0.25) is 8.97 Å². The van der Waals surface area contributed by atoms with Crippen LogP contribution < -0.4 is 4.74 Å². The summed E-state index contributed by atoms with van der Waals surface area (Å²) in [5.41, 5.74) is 17.7. The number of aromatic nitrogens is 4. The first kappa shape index (κ1) is 36.9. The van der Waals surface area contributed by atoms with Crippen molar-refractivity contribution in [1.29, 1.82) is 0 Å². The van der Waals surface area contributed by atoms with Gasteiger partial charge in [0.25, 0.3) is 0 Å². The number of benzene rings is 7. The first-order chi connectivity index (χ1) is 29.6. The first-order valence-electron chi connectivity index (χ1n) is 21.3. The maximum absolute atomic E-state index is 6.88. The summed E-state index contributed by atoms with van der Waals surface area (Å²) < 4.78 is 17.4. The zero-order valence-corrected chi connectivity index (χ0v) is 35.5. The van der Waals surface area contributed by atoms with E-state index in [0.717, 1.165) is 78.0 Å². The molecule has 0 spiro atoms. The van der Waals surface area contributed by atoms with Crippen LogP contribution in [0.5, 0.6) is 11.5 Å². The number of ether oxygens (including phenoxy) is 1. The topological polar surface area (TPSA) is 57.5 Å². The van der Waals surface area contributed by atoms with Gasteiger partial charge in [-0.1, -0.05) is 82.3 Å². The summed E-state index contributed by atoms with van der Waals surface area (Å²) in [6.07, 6.45) is 1.74. The lowest BCUT2D eigenvalue weighted by molar-refractivity contribution is 0.483. The summed E-state index contributed by atoms with van der Waals surface area (Å²) >= 11 is 0. The predicted octanol–water partition coefficient (Wildman–Crippen LogP) is 15.2. The minimum atomic E-state index is 0.269. The molecule has 6 heteroatoms. The van der Waals surface area contributed by atoms with Crippen LogP contribution in [0.25, 0.3) is 88.6 Å². The summed E-state index contributed by atoms with van der Waals surface area (Å²) in [5, 5.41) is 4.42. The highest BCUT2D eigenvalue weighted by molar-refractivity contribution is 6.17. The van der Waals surface area contributed by atoms with Crippen molar-refractivity contribution in [3.05, 3.63) is 168 Å². The molecule has 0 aliphatic heterocycles. The smallest absolute Gasteiger partial charge is 0.146 e. The van der Waals surface area contributed by atoms with E-state index >= 15 is 0 Å². The van der Waals surface area contributed by atoms with Crippen molar-refractivity contribution in [3.63, 3.8) is 0 Å². The number of para-hydroxylation sites is 2. The number of aryl methyl sites for hydroxylation is 3. The van der Waals surface area contributed by atoms with E-state index in [-0.39, 0.29) is 11.8 Å². The Balaban J connectivity index is 1.09. The van der Waals surface area contributed by atoms with Gasteiger partial charge in [-0.05, 0) is 156 Å². The number of rotatable bonds is 7. The highest BCUT2D eigenvalue weighted by atomic mass is 16.5. The van der Waals surface area contributed by atoms with Crippen LogP contribution in [0.4, 0.5) is 0 Å². The van der Waals surface area contributed by atoms with E-state index in [0.29, 0.717) is 0 Å². The molecule has 0 aliphatic carbocycles. The molecule has 0 unspecified atom stereocenters.